The largest absolute Gasteiger partial charge is 0.467 e. The van der Waals surface area contributed by atoms with Crippen LogP contribution in [0.15, 0.2) is 27.8 Å². The second-order valence-corrected chi connectivity index (χ2v) is 7.30. The zero-order valence-corrected chi connectivity index (χ0v) is 17.1. The number of nitrogens with zero attached hydrogens (tertiary/aromatic N) is 2. The number of rotatable bonds is 11. The number of ether oxygens (including phenoxy) is 2. The lowest BCUT2D eigenvalue weighted by atomic mass is 10.0. The molecule has 1 aromatic rings. The van der Waals surface area contributed by atoms with Crippen LogP contribution in [0.5, 0.6) is 0 Å². The molecule has 1 aliphatic rings. The molecule has 1 unspecified atom stereocenters. The zero-order valence-electron chi connectivity index (χ0n) is 17.1. The van der Waals surface area contributed by atoms with E-state index in [-0.39, 0.29) is 0 Å². The summed E-state index contributed by atoms with van der Waals surface area (Å²) in [5.74, 6) is 2.38. The van der Waals surface area contributed by atoms with Gasteiger partial charge in [0.15, 0.2) is 5.96 Å². The van der Waals surface area contributed by atoms with Crippen molar-refractivity contribution < 1.29 is 13.9 Å². The third-order valence-corrected chi connectivity index (χ3v) is 4.62. The monoisotopic (exact) mass is 380 g/mol. The van der Waals surface area contributed by atoms with Crippen LogP contribution in [0.25, 0.3) is 0 Å². The van der Waals surface area contributed by atoms with Crippen molar-refractivity contribution in [2.24, 2.45) is 10.9 Å². The lowest BCUT2D eigenvalue weighted by Gasteiger charge is -2.35. The van der Waals surface area contributed by atoms with Gasteiger partial charge in [0.25, 0.3) is 0 Å². The van der Waals surface area contributed by atoms with Gasteiger partial charge in [-0.15, -0.1) is 0 Å². The van der Waals surface area contributed by atoms with Crippen molar-refractivity contribution in [3.8, 4) is 0 Å². The van der Waals surface area contributed by atoms with Crippen LogP contribution in [-0.4, -0.2) is 69.9 Å². The molecule has 7 heteroatoms. The predicted octanol–water partition coefficient (Wildman–Crippen LogP) is 2.10. The fourth-order valence-electron chi connectivity index (χ4n) is 3.23. The van der Waals surface area contributed by atoms with Gasteiger partial charge in [0.05, 0.1) is 19.5 Å². The second kappa shape index (κ2) is 12.8. The summed E-state index contributed by atoms with van der Waals surface area (Å²) in [7, 11) is 1.81. The first-order valence-corrected chi connectivity index (χ1v) is 10.1. The minimum Gasteiger partial charge on any atom is -0.467 e. The van der Waals surface area contributed by atoms with E-state index in [9.17, 15) is 0 Å². The third kappa shape index (κ3) is 8.77. The summed E-state index contributed by atoms with van der Waals surface area (Å²) in [6.45, 7) is 11.2. The van der Waals surface area contributed by atoms with E-state index in [2.05, 4.69) is 34.4 Å². The molecule has 27 heavy (non-hydrogen) atoms. The molecule has 0 bridgehead atoms. The number of aliphatic imine (C=N–C) groups is 1. The Kier molecular flexibility index (Phi) is 10.3. The molecule has 1 fully saturated rings. The van der Waals surface area contributed by atoms with Gasteiger partial charge in [-0.05, 0) is 30.9 Å². The van der Waals surface area contributed by atoms with Crippen LogP contribution in [-0.2, 0) is 16.1 Å². The van der Waals surface area contributed by atoms with Crippen molar-refractivity contribution in [1.29, 1.82) is 0 Å². The summed E-state index contributed by atoms with van der Waals surface area (Å²) in [5, 5.41) is 6.85. The first-order valence-electron chi connectivity index (χ1n) is 10.1. The molecule has 0 radical (unpaired) electrons. The number of nitrogens with one attached hydrogen (secondary N) is 2. The van der Waals surface area contributed by atoms with Crippen molar-refractivity contribution in [3.05, 3.63) is 24.2 Å². The fourth-order valence-corrected chi connectivity index (χ4v) is 3.23. The summed E-state index contributed by atoms with van der Waals surface area (Å²) >= 11 is 0. The smallest absolute Gasteiger partial charge is 0.191 e. The Morgan fingerprint density at radius 3 is 2.78 bits per heavy atom. The van der Waals surface area contributed by atoms with E-state index in [1.807, 2.05) is 19.2 Å². The quantitative estimate of drug-likeness (QED) is 0.348. The average Bonchev–Trinajstić information content (AvgIpc) is 3.19. The molecule has 0 spiro atoms. The van der Waals surface area contributed by atoms with Gasteiger partial charge in [-0.2, -0.15) is 0 Å². The van der Waals surface area contributed by atoms with Crippen molar-refractivity contribution >= 4 is 5.96 Å². The topological polar surface area (TPSA) is 71.3 Å². The average molecular weight is 381 g/mol. The lowest BCUT2D eigenvalue weighted by molar-refractivity contribution is 0.0132. The molecule has 154 valence electrons. The maximum Gasteiger partial charge on any atom is 0.191 e. The van der Waals surface area contributed by atoms with Gasteiger partial charge < -0.3 is 24.5 Å². The molecular formula is C20H36N4O3. The van der Waals surface area contributed by atoms with Gasteiger partial charge in [0, 0.05) is 45.9 Å². The first kappa shape index (κ1) is 21.7. The van der Waals surface area contributed by atoms with Gasteiger partial charge in [0.1, 0.15) is 12.4 Å². The highest BCUT2D eigenvalue weighted by Crippen LogP contribution is 2.13. The van der Waals surface area contributed by atoms with Gasteiger partial charge in [-0.3, -0.25) is 9.89 Å². The van der Waals surface area contributed by atoms with Gasteiger partial charge in [-0.1, -0.05) is 13.8 Å². The summed E-state index contributed by atoms with van der Waals surface area (Å²) in [5.41, 5.74) is 0. The standard InChI is InChI=1S/C20H36N4O3/c1-17(2)14-18(24-8-12-25-13-9-24)15-23-20(21-3)22-7-5-10-26-16-19-6-4-11-27-19/h4,6,11,17-18H,5,7-10,12-16H2,1-3H3,(H2,21,22,23). The van der Waals surface area contributed by atoms with Gasteiger partial charge >= 0.3 is 0 Å². The molecule has 2 N–H and O–H groups in total. The van der Waals surface area contributed by atoms with Crippen molar-refractivity contribution in [2.75, 3.05) is 53.0 Å². The molecule has 2 heterocycles. The minimum atomic E-state index is 0.504. The Bertz CT molecular complexity index is 513. The van der Waals surface area contributed by atoms with Crippen LogP contribution in [0.2, 0.25) is 0 Å². The van der Waals surface area contributed by atoms with Crippen LogP contribution in [0.4, 0.5) is 0 Å². The van der Waals surface area contributed by atoms with Gasteiger partial charge in [-0.25, -0.2) is 0 Å². The first-order chi connectivity index (χ1) is 13.2. The Labute approximate surface area is 163 Å². The van der Waals surface area contributed by atoms with E-state index >= 15 is 0 Å². The second-order valence-electron chi connectivity index (χ2n) is 7.30. The zero-order chi connectivity index (χ0) is 19.3. The van der Waals surface area contributed by atoms with Crippen LogP contribution in [0.1, 0.15) is 32.4 Å². The fraction of sp³-hybridized carbons (Fsp3) is 0.750. The highest BCUT2D eigenvalue weighted by molar-refractivity contribution is 5.79. The van der Waals surface area contributed by atoms with Crippen molar-refractivity contribution in [1.82, 2.24) is 15.5 Å². The highest BCUT2D eigenvalue weighted by Gasteiger charge is 2.22. The van der Waals surface area contributed by atoms with E-state index in [0.717, 1.165) is 57.5 Å². The summed E-state index contributed by atoms with van der Waals surface area (Å²) in [6.07, 6.45) is 3.75. The molecule has 1 aliphatic heterocycles. The van der Waals surface area contributed by atoms with Crippen LogP contribution < -0.4 is 10.6 Å². The third-order valence-electron chi connectivity index (χ3n) is 4.62. The van der Waals surface area contributed by atoms with E-state index in [0.29, 0.717) is 25.2 Å². The Hall–Kier alpha value is -1.57. The maximum atomic E-state index is 5.60. The molecule has 1 aromatic heterocycles. The molecule has 1 atom stereocenters. The molecule has 0 amide bonds. The molecule has 0 aromatic carbocycles. The Morgan fingerprint density at radius 2 is 2.11 bits per heavy atom. The lowest BCUT2D eigenvalue weighted by Crippen LogP contribution is -2.51. The summed E-state index contributed by atoms with van der Waals surface area (Å²) in [4.78, 5) is 6.87. The molecule has 0 saturated carbocycles. The van der Waals surface area contributed by atoms with Crippen LogP contribution in [0, 0.1) is 5.92 Å². The normalized spacial score (nSPS) is 17.3. The predicted molar refractivity (Wildman–Crippen MR) is 108 cm³/mol. The molecule has 2 rings (SSSR count). The Balaban J connectivity index is 1.63. The minimum absolute atomic E-state index is 0.504. The summed E-state index contributed by atoms with van der Waals surface area (Å²) in [6, 6.07) is 4.30. The SMILES string of the molecule is CN=C(NCCCOCc1ccco1)NCC(CC(C)C)N1CCOCC1. The summed E-state index contributed by atoms with van der Waals surface area (Å²) < 4.78 is 16.3. The molecule has 7 nitrogen and oxygen atoms in total. The van der Waals surface area contributed by atoms with E-state index in [1.165, 1.54) is 6.42 Å². The molecule has 0 aliphatic carbocycles. The van der Waals surface area contributed by atoms with Crippen LogP contribution >= 0.6 is 0 Å². The number of hydrogen-bond donors (Lipinski definition) is 2. The maximum absolute atomic E-state index is 5.60. The Morgan fingerprint density at radius 1 is 1.30 bits per heavy atom. The molecular weight excluding hydrogens is 344 g/mol. The van der Waals surface area contributed by atoms with E-state index in [4.69, 9.17) is 13.9 Å². The molecule has 1 saturated heterocycles. The van der Waals surface area contributed by atoms with Crippen LogP contribution in [0.3, 0.4) is 0 Å². The number of guanidine groups is 1. The van der Waals surface area contributed by atoms with E-state index in [1.54, 1.807) is 6.26 Å². The van der Waals surface area contributed by atoms with Crippen molar-refractivity contribution in [2.45, 2.75) is 39.3 Å². The van der Waals surface area contributed by atoms with E-state index < -0.39 is 0 Å². The number of hydrogen-bond acceptors (Lipinski definition) is 5. The van der Waals surface area contributed by atoms with Gasteiger partial charge in [0.2, 0.25) is 0 Å². The van der Waals surface area contributed by atoms with Crippen molar-refractivity contribution in [3.63, 3.8) is 0 Å². The number of morpholine rings is 1. The number of furan rings is 1. The highest BCUT2D eigenvalue weighted by atomic mass is 16.5.